The van der Waals surface area contributed by atoms with Gasteiger partial charge in [-0.15, -0.1) is 0 Å². The minimum Gasteiger partial charge on any atom is -0.350 e. The van der Waals surface area contributed by atoms with Gasteiger partial charge in [-0.05, 0) is 38.1 Å². The lowest BCUT2D eigenvalue weighted by molar-refractivity contribution is -0.111. The summed E-state index contributed by atoms with van der Waals surface area (Å²) in [4.78, 5) is 22.8. The molecule has 0 atom stereocenters. The molecule has 0 heterocycles. The number of benzene rings is 1. The maximum Gasteiger partial charge on any atom is 0.251 e. The van der Waals surface area contributed by atoms with Crippen molar-refractivity contribution in [2.75, 3.05) is 5.32 Å². The second kappa shape index (κ2) is 5.84. The zero-order valence-electron chi connectivity index (χ0n) is 9.99. The highest BCUT2D eigenvalue weighted by Gasteiger charge is 2.07. The Balaban J connectivity index is 2.81. The first-order chi connectivity index (χ1) is 8.02. The second-order valence-electron chi connectivity index (χ2n) is 3.90. The van der Waals surface area contributed by atoms with E-state index >= 15 is 0 Å². The van der Waals surface area contributed by atoms with Gasteiger partial charge in [0.1, 0.15) is 0 Å². The summed E-state index contributed by atoms with van der Waals surface area (Å²) in [6.45, 7) is 7.14. The molecule has 0 aliphatic rings. The van der Waals surface area contributed by atoms with Crippen LogP contribution in [0.25, 0.3) is 0 Å². The molecule has 0 bridgehead atoms. The first-order valence-electron chi connectivity index (χ1n) is 5.37. The Hall–Kier alpha value is -2.10. The Bertz CT molecular complexity index is 439. The van der Waals surface area contributed by atoms with Crippen LogP contribution in [0.1, 0.15) is 24.2 Å². The first-order valence-corrected chi connectivity index (χ1v) is 5.37. The van der Waals surface area contributed by atoms with Crippen LogP contribution in [0.3, 0.4) is 0 Å². The van der Waals surface area contributed by atoms with Gasteiger partial charge in [0.15, 0.2) is 0 Å². The van der Waals surface area contributed by atoms with E-state index in [9.17, 15) is 9.59 Å². The molecule has 1 aromatic carbocycles. The Kier molecular flexibility index (Phi) is 4.46. The van der Waals surface area contributed by atoms with E-state index in [0.29, 0.717) is 11.3 Å². The first kappa shape index (κ1) is 13.0. The molecule has 0 radical (unpaired) electrons. The van der Waals surface area contributed by atoms with E-state index in [-0.39, 0.29) is 17.9 Å². The normalized spacial score (nSPS) is 9.82. The quantitative estimate of drug-likeness (QED) is 0.779. The van der Waals surface area contributed by atoms with Gasteiger partial charge in [0.2, 0.25) is 5.91 Å². The van der Waals surface area contributed by atoms with E-state index in [1.807, 2.05) is 13.8 Å². The van der Waals surface area contributed by atoms with Crippen LogP contribution in [0.5, 0.6) is 0 Å². The largest absolute Gasteiger partial charge is 0.350 e. The van der Waals surface area contributed by atoms with Crippen LogP contribution >= 0.6 is 0 Å². The number of hydrogen-bond acceptors (Lipinski definition) is 2. The van der Waals surface area contributed by atoms with Crippen molar-refractivity contribution in [3.63, 3.8) is 0 Å². The summed E-state index contributed by atoms with van der Waals surface area (Å²) in [5.74, 6) is -0.457. The van der Waals surface area contributed by atoms with Gasteiger partial charge < -0.3 is 10.6 Å². The van der Waals surface area contributed by atoms with Crippen molar-refractivity contribution < 1.29 is 9.59 Å². The van der Waals surface area contributed by atoms with Crippen LogP contribution in [0.15, 0.2) is 36.9 Å². The molecule has 0 spiro atoms. The number of carbonyl (C=O) groups excluding carboxylic acids is 2. The van der Waals surface area contributed by atoms with Crippen LogP contribution in [0.4, 0.5) is 5.69 Å². The molecular weight excluding hydrogens is 216 g/mol. The zero-order valence-corrected chi connectivity index (χ0v) is 9.99. The average molecular weight is 232 g/mol. The highest BCUT2D eigenvalue weighted by Crippen LogP contribution is 2.10. The Morgan fingerprint density at radius 1 is 1.35 bits per heavy atom. The smallest absolute Gasteiger partial charge is 0.251 e. The molecule has 1 rings (SSSR count). The molecule has 0 saturated carbocycles. The molecule has 4 heteroatoms. The Morgan fingerprint density at radius 3 is 2.65 bits per heavy atom. The van der Waals surface area contributed by atoms with Crippen molar-refractivity contribution in [1.29, 1.82) is 0 Å². The minimum absolute atomic E-state index is 0.0777. The topological polar surface area (TPSA) is 58.2 Å². The lowest BCUT2D eigenvalue weighted by Crippen LogP contribution is -2.30. The predicted molar refractivity (Wildman–Crippen MR) is 67.9 cm³/mol. The van der Waals surface area contributed by atoms with E-state index in [1.54, 1.807) is 24.3 Å². The second-order valence-corrected chi connectivity index (χ2v) is 3.90. The summed E-state index contributed by atoms with van der Waals surface area (Å²) in [6.07, 6.45) is 1.18. The molecule has 4 nitrogen and oxygen atoms in total. The molecule has 90 valence electrons. The highest BCUT2D eigenvalue weighted by molar-refractivity contribution is 6.00. The number of nitrogens with one attached hydrogen (secondary N) is 2. The molecule has 2 amide bonds. The fourth-order valence-corrected chi connectivity index (χ4v) is 1.28. The Labute approximate surface area is 101 Å². The van der Waals surface area contributed by atoms with Crippen molar-refractivity contribution in [2.24, 2.45) is 0 Å². The van der Waals surface area contributed by atoms with Gasteiger partial charge in [0, 0.05) is 17.3 Å². The van der Waals surface area contributed by atoms with Gasteiger partial charge in [-0.2, -0.15) is 0 Å². The summed E-state index contributed by atoms with van der Waals surface area (Å²) in [5, 5.41) is 5.38. The van der Waals surface area contributed by atoms with E-state index in [2.05, 4.69) is 17.2 Å². The van der Waals surface area contributed by atoms with E-state index in [1.165, 1.54) is 6.08 Å². The number of rotatable bonds is 4. The van der Waals surface area contributed by atoms with Gasteiger partial charge in [-0.3, -0.25) is 9.59 Å². The van der Waals surface area contributed by atoms with Crippen molar-refractivity contribution in [1.82, 2.24) is 5.32 Å². The van der Waals surface area contributed by atoms with Gasteiger partial charge in [-0.1, -0.05) is 12.6 Å². The lowest BCUT2D eigenvalue weighted by atomic mass is 10.1. The van der Waals surface area contributed by atoms with Crippen molar-refractivity contribution in [3.05, 3.63) is 42.5 Å². The van der Waals surface area contributed by atoms with E-state index < -0.39 is 0 Å². The summed E-state index contributed by atoms with van der Waals surface area (Å²) < 4.78 is 0. The molecule has 17 heavy (non-hydrogen) atoms. The fraction of sp³-hybridized carbons (Fsp3) is 0.231. The molecule has 0 fully saturated rings. The van der Waals surface area contributed by atoms with Gasteiger partial charge in [0.25, 0.3) is 5.91 Å². The number of anilines is 1. The number of carbonyl (C=O) groups is 2. The van der Waals surface area contributed by atoms with Gasteiger partial charge in [0.05, 0.1) is 0 Å². The van der Waals surface area contributed by atoms with Crippen LogP contribution in [-0.4, -0.2) is 17.9 Å². The van der Waals surface area contributed by atoms with Crippen molar-refractivity contribution >= 4 is 17.5 Å². The van der Waals surface area contributed by atoms with Crippen LogP contribution in [-0.2, 0) is 4.79 Å². The predicted octanol–water partition coefficient (Wildman–Crippen LogP) is 1.95. The summed E-state index contributed by atoms with van der Waals surface area (Å²) in [5.41, 5.74) is 1.09. The SMILES string of the molecule is C=CC(=O)Nc1cccc(C(=O)NC(C)C)c1. The highest BCUT2D eigenvalue weighted by atomic mass is 16.2. The minimum atomic E-state index is -0.300. The van der Waals surface area contributed by atoms with Crippen molar-refractivity contribution in [3.8, 4) is 0 Å². The van der Waals surface area contributed by atoms with Crippen LogP contribution in [0.2, 0.25) is 0 Å². The van der Waals surface area contributed by atoms with Crippen LogP contribution in [0, 0.1) is 0 Å². The molecule has 0 aliphatic heterocycles. The third kappa shape index (κ3) is 4.10. The molecule has 2 N–H and O–H groups in total. The standard InChI is InChI=1S/C13H16N2O2/c1-4-12(16)15-11-7-5-6-10(8-11)13(17)14-9(2)3/h4-9H,1H2,2-3H3,(H,14,17)(H,15,16). The van der Waals surface area contributed by atoms with E-state index in [4.69, 9.17) is 0 Å². The van der Waals surface area contributed by atoms with Crippen molar-refractivity contribution in [2.45, 2.75) is 19.9 Å². The summed E-state index contributed by atoms with van der Waals surface area (Å²) in [7, 11) is 0. The Morgan fingerprint density at radius 2 is 2.06 bits per heavy atom. The molecular formula is C13H16N2O2. The summed E-state index contributed by atoms with van der Waals surface area (Å²) in [6, 6.07) is 6.83. The zero-order chi connectivity index (χ0) is 12.8. The van der Waals surface area contributed by atoms with Crippen LogP contribution < -0.4 is 10.6 Å². The molecule has 0 unspecified atom stereocenters. The number of amides is 2. The molecule has 1 aromatic rings. The fourth-order valence-electron chi connectivity index (χ4n) is 1.28. The van der Waals surface area contributed by atoms with E-state index in [0.717, 1.165) is 0 Å². The molecule has 0 saturated heterocycles. The number of hydrogen-bond donors (Lipinski definition) is 2. The van der Waals surface area contributed by atoms with Gasteiger partial charge in [-0.25, -0.2) is 0 Å². The lowest BCUT2D eigenvalue weighted by Gasteiger charge is -2.09. The third-order valence-corrected chi connectivity index (χ3v) is 2.00. The molecule has 0 aliphatic carbocycles. The molecule has 0 aromatic heterocycles. The maximum absolute atomic E-state index is 11.7. The maximum atomic E-state index is 11.7. The average Bonchev–Trinajstić information content (AvgIpc) is 2.28. The monoisotopic (exact) mass is 232 g/mol. The van der Waals surface area contributed by atoms with Gasteiger partial charge >= 0.3 is 0 Å². The summed E-state index contributed by atoms with van der Waals surface area (Å²) >= 11 is 0. The third-order valence-electron chi connectivity index (χ3n) is 2.00.